The molecule has 0 aromatic heterocycles. The summed E-state index contributed by atoms with van der Waals surface area (Å²) < 4.78 is 5.66. The van der Waals surface area contributed by atoms with Crippen molar-refractivity contribution in [1.82, 2.24) is 15.5 Å². The number of amides is 2. The van der Waals surface area contributed by atoms with Crippen LogP contribution in [0.15, 0.2) is 78.9 Å². The number of carbonyl (C=O) groups excluding carboxylic acids is 2. The van der Waals surface area contributed by atoms with E-state index in [2.05, 4.69) is 51.9 Å². The maximum absolute atomic E-state index is 13.2. The normalized spacial score (nSPS) is 21.0. The van der Waals surface area contributed by atoms with Crippen molar-refractivity contribution in [1.29, 1.82) is 0 Å². The Bertz CT molecular complexity index is 1400. The van der Waals surface area contributed by atoms with Gasteiger partial charge in [-0.15, -0.1) is 0 Å². The number of benzene rings is 3. The van der Waals surface area contributed by atoms with E-state index in [1.165, 1.54) is 16.7 Å². The zero-order valence-corrected chi connectivity index (χ0v) is 23.6. The molecule has 3 aromatic rings. The first-order chi connectivity index (χ1) is 20.4. The van der Waals surface area contributed by atoms with E-state index in [0.717, 1.165) is 30.8 Å². The van der Waals surface area contributed by atoms with Crippen LogP contribution in [-0.2, 0) is 20.9 Å². The summed E-state index contributed by atoms with van der Waals surface area (Å²) in [7, 11) is 0. The Hall–Kier alpha value is -4.17. The Morgan fingerprint density at radius 1 is 0.857 bits per heavy atom. The maximum Gasteiger partial charge on any atom is 0.407 e. The van der Waals surface area contributed by atoms with E-state index in [1.54, 1.807) is 0 Å². The van der Waals surface area contributed by atoms with Gasteiger partial charge in [-0.3, -0.25) is 14.5 Å². The first-order valence-electron chi connectivity index (χ1n) is 14.8. The SMILES string of the molecule is O=C(O)CC1(NC(=O)C2CC(NC(=O)OCC3c4ccccc4-c4ccccc43)C2)CCN(Cc2ccccc2)CC1. The van der Waals surface area contributed by atoms with Gasteiger partial charge in [0.05, 0.1) is 12.0 Å². The van der Waals surface area contributed by atoms with Crippen molar-refractivity contribution in [2.45, 2.75) is 56.1 Å². The quantitative estimate of drug-likeness (QED) is 0.339. The summed E-state index contributed by atoms with van der Waals surface area (Å²) in [5.41, 5.74) is 5.15. The Kier molecular flexibility index (Phi) is 7.98. The lowest BCUT2D eigenvalue weighted by Gasteiger charge is -2.44. The van der Waals surface area contributed by atoms with E-state index < -0.39 is 17.6 Å². The molecule has 2 fully saturated rings. The average Bonchev–Trinajstić information content (AvgIpc) is 3.28. The largest absolute Gasteiger partial charge is 0.481 e. The van der Waals surface area contributed by atoms with Gasteiger partial charge >= 0.3 is 12.1 Å². The minimum atomic E-state index is -0.907. The third kappa shape index (κ3) is 6.04. The van der Waals surface area contributed by atoms with Gasteiger partial charge in [-0.1, -0.05) is 78.9 Å². The lowest BCUT2D eigenvalue weighted by Crippen LogP contribution is -2.59. The molecular weight excluding hydrogens is 530 g/mol. The number of carboxylic acid groups (broad SMARTS) is 1. The Morgan fingerprint density at radius 3 is 2.07 bits per heavy atom. The highest BCUT2D eigenvalue weighted by Gasteiger charge is 2.42. The number of carboxylic acids is 1. The molecule has 1 saturated heterocycles. The predicted molar refractivity (Wildman–Crippen MR) is 159 cm³/mol. The van der Waals surface area contributed by atoms with Crippen molar-refractivity contribution in [3.63, 3.8) is 0 Å². The van der Waals surface area contributed by atoms with Crippen LogP contribution in [0.1, 0.15) is 54.7 Å². The number of hydrogen-bond acceptors (Lipinski definition) is 5. The highest BCUT2D eigenvalue weighted by atomic mass is 16.5. The van der Waals surface area contributed by atoms with E-state index in [0.29, 0.717) is 25.7 Å². The van der Waals surface area contributed by atoms with E-state index in [4.69, 9.17) is 4.74 Å². The van der Waals surface area contributed by atoms with Gasteiger partial charge in [-0.05, 0) is 53.5 Å². The van der Waals surface area contributed by atoms with E-state index in [9.17, 15) is 19.5 Å². The average molecular weight is 568 g/mol. The number of hydrogen-bond donors (Lipinski definition) is 3. The zero-order chi connectivity index (χ0) is 29.1. The molecule has 0 spiro atoms. The lowest BCUT2D eigenvalue weighted by molar-refractivity contribution is -0.140. The van der Waals surface area contributed by atoms with Crippen molar-refractivity contribution in [2.75, 3.05) is 19.7 Å². The van der Waals surface area contributed by atoms with Crippen LogP contribution >= 0.6 is 0 Å². The van der Waals surface area contributed by atoms with Crippen LogP contribution < -0.4 is 10.6 Å². The lowest BCUT2D eigenvalue weighted by atomic mass is 9.77. The molecular formula is C34H37N3O5. The van der Waals surface area contributed by atoms with E-state index >= 15 is 0 Å². The molecule has 3 aliphatic rings. The number of rotatable bonds is 9. The third-order valence-corrected chi connectivity index (χ3v) is 9.11. The standard InChI is InChI=1S/C34H37N3O5/c38-31(39)20-34(14-16-37(17-15-34)21-23-8-2-1-3-9-23)36-32(40)24-18-25(19-24)35-33(41)42-22-30-28-12-6-4-10-26(28)27-11-5-7-13-29(27)30/h1-13,24-25,30H,14-22H2,(H,35,41)(H,36,40)(H,38,39). The molecule has 3 aromatic carbocycles. The number of nitrogens with one attached hydrogen (secondary N) is 2. The molecule has 0 atom stereocenters. The highest BCUT2D eigenvalue weighted by molar-refractivity contribution is 5.82. The van der Waals surface area contributed by atoms with Crippen molar-refractivity contribution in [3.05, 3.63) is 95.6 Å². The number of aliphatic carboxylic acids is 1. The van der Waals surface area contributed by atoms with Gasteiger partial charge in [0.2, 0.25) is 5.91 Å². The fourth-order valence-electron chi connectivity index (χ4n) is 6.74. The molecule has 1 saturated carbocycles. The van der Waals surface area contributed by atoms with Crippen LogP contribution in [0.3, 0.4) is 0 Å². The molecule has 8 nitrogen and oxygen atoms in total. The fourth-order valence-corrected chi connectivity index (χ4v) is 6.74. The molecule has 1 heterocycles. The monoisotopic (exact) mass is 567 g/mol. The van der Waals surface area contributed by atoms with Crippen molar-refractivity contribution >= 4 is 18.0 Å². The van der Waals surface area contributed by atoms with Crippen LogP contribution in [0.25, 0.3) is 11.1 Å². The summed E-state index contributed by atoms with van der Waals surface area (Å²) in [6.07, 6.45) is 1.64. The van der Waals surface area contributed by atoms with E-state index in [-0.39, 0.29) is 36.8 Å². The second kappa shape index (κ2) is 12.0. The molecule has 2 amide bonds. The van der Waals surface area contributed by atoms with Crippen LogP contribution in [0.4, 0.5) is 4.79 Å². The first-order valence-corrected chi connectivity index (χ1v) is 14.8. The Labute approximate surface area is 246 Å². The number of nitrogens with zero attached hydrogens (tertiary/aromatic N) is 1. The molecule has 0 bridgehead atoms. The summed E-state index contributed by atoms with van der Waals surface area (Å²) >= 11 is 0. The molecule has 2 aliphatic carbocycles. The Morgan fingerprint density at radius 2 is 1.45 bits per heavy atom. The molecule has 0 radical (unpaired) electrons. The van der Waals surface area contributed by atoms with Gasteiger partial charge in [-0.2, -0.15) is 0 Å². The van der Waals surface area contributed by atoms with Gasteiger partial charge in [0.1, 0.15) is 6.61 Å². The number of alkyl carbamates (subject to hydrolysis) is 1. The molecule has 6 rings (SSSR count). The molecule has 8 heteroatoms. The predicted octanol–water partition coefficient (Wildman–Crippen LogP) is 4.93. The topological polar surface area (TPSA) is 108 Å². The molecule has 42 heavy (non-hydrogen) atoms. The second-order valence-corrected chi connectivity index (χ2v) is 11.9. The second-order valence-electron chi connectivity index (χ2n) is 11.9. The van der Waals surface area contributed by atoms with Gasteiger partial charge in [0.15, 0.2) is 0 Å². The van der Waals surface area contributed by atoms with Gasteiger partial charge < -0.3 is 20.5 Å². The summed E-state index contributed by atoms with van der Waals surface area (Å²) in [5.74, 6) is -1.29. The fraction of sp³-hybridized carbons (Fsp3) is 0.382. The molecule has 1 aliphatic heterocycles. The first kappa shape index (κ1) is 28.0. The summed E-state index contributed by atoms with van der Waals surface area (Å²) in [4.78, 5) is 39.8. The van der Waals surface area contributed by atoms with Gasteiger partial charge in [0, 0.05) is 37.5 Å². The third-order valence-electron chi connectivity index (χ3n) is 9.11. The van der Waals surface area contributed by atoms with Crippen LogP contribution in [0.2, 0.25) is 0 Å². The minimum absolute atomic E-state index is 0.00685. The van der Waals surface area contributed by atoms with Crippen LogP contribution in [-0.4, -0.2) is 59.3 Å². The Balaban J connectivity index is 0.973. The van der Waals surface area contributed by atoms with Gasteiger partial charge in [-0.25, -0.2) is 4.79 Å². The molecule has 3 N–H and O–H groups in total. The number of carbonyl (C=O) groups is 3. The zero-order valence-electron chi connectivity index (χ0n) is 23.6. The molecule has 0 unspecified atom stereocenters. The number of likely N-dealkylation sites (tertiary alicyclic amines) is 1. The molecule has 218 valence electrons. The van der Waals surface area contributed by atoms with Crippen molar-refractivity contribution in [3.8, 4) is 11.1 Å². The number of piperidine rings is 1. The summed E-state index contributed by atoms with van der Waals surface area (Å²) in [6.45, 7) is 2.50. The summed E-state index contributed by atoms with van der Waals surface area (Å²) in [6, 6.07) is 26.5. The number of fused-ring (bicyclic) bond motifs is 3. The van der Waals surface area contributed by atoms with Crippen molar-refractivity contribution < 1.29 is 24.2 Å². The van der Waals surface area contributed by atoms with E-state index in [1.807, 2.05) is 42.5 Å². The minimum Gasteiger partial charge on any atom is -0.481 e. The summed E-state index contributed by atoms with van der Waals surface area (Å²) in [5, 5.41) is 15.6. The number of ether oxygens (including phenoxy) is 1. The van der Waals surface area contributed by atoms with Crippen molar-refractivity contribution in [2.24, 2.45) is 5.92 Å². The highest BCUT2D eigenvalue weighted by Crippen LogP contribution is 2.44. The maximum atomic E-state index is 13.2. The smallest absolute Gasteiger partial charge is 0.407 e. The van der Waals surface area contributed by atoms with Gasteiger partial charge in [0.25, 0.3) is 0 Å². The van der Waals surface area contributed by atoms with Crippen LogP contribution in [0.5, 0.6) is 0 Å². The van der Waals surface area contributed by atoms with Crippen LogP contribution in [0, 0.1) is 5.92 Å².